The van der Waals surface area contributed by atoms with Gasteiger partial charge in [-0.2, -0.15) is 0 Å². The third-order valence-electron chi connectivity index (χ3n) is 4.80. The molecule has 1 aromatic heterocycles. The fourth-order valence-electron chi connectivity index (χ4n) is 2.96. The van der Waals surface area contributed by atoms with Crippen LogP contribution in [0.25, 0.3) is 0 Å². The number of benzene rings is 2. The highest BCUT2D eigenvalue weighted by atomic mass is 16.4. The van der Waals surface area contributed by atoms with Crippen molar-refractivity contribution in [3.63, 3.8) is 0 Å². The van der Waals surface area contributed by atoms with E-state index < -0.39 is 6.10 Å². The summed E-state index contributed by atoms with van der Waals surface area (Å²) in [4.78, 5) is 18.3. The number of likely N-dealkylation sites (N-methyl/N-ethyl adjacent to an activating group) is 1. The predicted molar refractivity (Wildman–Crippen MR) is 114 cm³/mol. The number of amides is 1. The van der Waals surface area contributed by atoms with Crippen molar-refractivity contribution in [2.45, 2.75) is 25.6 Å². The van der Waals surface area contributed by atoms with Crippen LogP contribution in [0, 0.1) is 0 Å². The molecule has 30 heavy (non-hydrogen) atoms. The van der Waals surface area contributed by atoms with Crippen molar-refractivity contribution < 1.29 is 19.4 Å². The van der Waals surface area contributed by atoms with E-state index in [1.54, 1.807) is 30.5 Å². The van der Waals surface area contributed by atoms with E-state index in [0.717, 1.165) is 11.1 Å². The van der Waals surface area contributed by atoms with Gasteiger partial charge in [0, 0.05) is 31.6 Å². The number of aliphatic hydroxyl groups excluding tert-OH is 2. The summed E-state index contributed by atoms with van der Waals surface area (Å²) in [6, 6.07) is 16.4. The average molecular weight is 409 g/mol. The lowest BCUT2D eigenvalue weighted by Crippen LogP contribution is -2.26. The number of oxazole rings is 1. The minimum absolute atomic E-state index is 0.0169. The first-order valence-electron chi connectivity index (χ1n) is 9.91. The number of carbonyl (C=O) groups is 1. The monoisotopic (exact) mass is 409 g/mol. The number of hydrogen-bond acceptors (Lipinski definition) is 6. The van der Waals surface area contributed by atoms with Crippen molar-refractivity contribution >= 4 is 11.6 Å². The zero-order valence-electron chi connectivity index (χ0n) is 17.0. The lowest BCUT2D eigenvalue weighted by atomic mass is 10.1. The minimum atomic E-state index is -0.882. The van der Waals surface area contributed by atoms with Gasteiger partial charge in [0.1, 0.15) is 5.76 Å². The maximum Gasteiger partial charge on any atom is 0.227 e. The Labute approximate surface area is 176 Å². The van der Waals surface area contributed by atoms with Crippen LogP contribution < -0.4 is 5.32 Å². The van der Waals surface area contributed by atoms with Crippen molar-refractivity contribution in [3.8, 4) is 0 Å². The molecular weight excluding hydrogens is 382 g/mol. The Hall–Kier alpha value is -3.00. The van der Waals surface area contributed by atoms with Crippen LogP contribution in [-0.4, -0.2) is 46.1 Å². The number of rotatable bonds is 10. The predicted octanol–water partition coefficient (Wildman–Crippen LogP) is 2.75. The normalized spacial score (nSPS) is 12.1. The molecule has 7 nitrogen and oxygen atoms in total. The highest BCUT2D eigenvalue weighted by Crippen LogP contribution is 2.21. The molecule has 0 fully saturated rings. The van der Waals surface area contributed by atoms with Crippen molar-refractivity contribution in [2.75, 3.05) is 25.5 Å². The lowest BCUT2D eigenvalue weighted by Gasteiger charge is -2.15. The first-order chi connectivity index (χ1) is 14.5. The van der Waals surface area contributed by atoms with Crippen molar-refractivity contribution in [1.29, 1.82) is 0 Å². The summed E-state index contributed by atoms with van der Waals surface area (Å²) >= 11 is 0. The van der Waals surface area contributed by atoms with Crippen LogP contribution in [0.4, 0.5) is 5.69 Å². The molecule has 0 aliphatic rings. The summed E-state index contributed by atoms with van der Waals surface area (Å²) in [7, 11) is 1.94. The smallest absolute Gasteiger partial charge is 0.227 e. The zero-order chi connectivity index (χ0) is 21.3. The van der Waals surface area contributed by atoms with E-state index in [1.807, 2.05) is 42.3 Å². The molecule has 0 bridgehead atoms. The second-order valence-electron chi connectivity index (χ2n) is 7.18. The fraction of sp³-hybridized carbons (Fsp3) is 0.304. The Bertz CT molecular complexity index is 925. The van der Waals surface area contributed by atoms with E-state index in [-0.39, 0.29) is 18.4 Å². The van der Waals surface area contributed by atoms with Gasteiger partial charge in [-0.1, -0.05) is 42.5 Å². The van der Waals surface area contributed by atoms with Gasteiger partial charge in [0.2, 0.25) is 11.8 Å². The molecule has 3 aromatic rings. The number of anilines is 1. The molecule has 7 heteroatoms. The topological polar surface area (TPSA) is 98.8 Å². The van der Waals surface area contributed by atoms with E-state index in [2.05, 4.69) is 10.3 Å². The second-order valence-corrected chi connectivity index (χ2v) is 7.18. The molecule has 1 heterocycles. The van der Waals surface area contributed by atoms with Crippen molar-refractivity contribution in [3.05, 3.63) is 83.6 Å². The molecule has 0 saturated heterocycles. The molecule has 158 valence electrons. The van der Waals surface area contributed by atoms with Crippen LogP contribution in [-0.2, 0) is 17.8 Å². The Morgan fingerprint density at radius 2 is 1.87 bits per heavy atom. The minimum Gasteiger partial charge on any atom is -0.442 e. The molecule has 0 spiro atoms. The first kappa shape index (κ1) is 21.7. The van der Waals surface area contributed by atoms with E-state index in [9.17, 15) is 9.90 Å². The van der Waals surface area contributed by atoms with E-state index in [0.29, 0.717) is 37.4 Å². The van der Waals surface area contributed by atoms with Crippen LogP contribution in [0.3, 0.4) is 0 Å². The molecule has 0 aliphatic carbocycles. The zero-order valence-corrected chi connectivity index (χ0v) is 17.0. The number of aliphatic hydroxyl groups is 2. The molecule has 1 unspecified atom stereocenters. The average Bonchev–Trinajstić information content (AvgIpc) is 3.26. The first-order valence-corrected chi connectivity index (χ1v) is 9.91. The molecule has 2 aromatic carbocycles. The molecule has 3 rings (SSSR count). The van der Waals surface area contributed by atoms with Crippen molar-refractivity contribution in [2.24, 2.45) is 0 Å². The van der Waals surface area contributed by atoms with Gasteiger partial charge < -0.3 is 24.8 Å². The number of nitrogens with zero attached hydrogens (tertiary/aromatic N) is 2. The summed E-state index contributed by atoms with van der Waals surface area (Å²) in [5.74, 6) is 0.914. The summed E-state index contributed by atoms with van der Waals surface area (Å²) < 4.78 is 5.69. The Morgan fingerprint density at radius 3 is 2.57 bits per heavy atom. The molecule has 1 atom stereocenters. The van der Waals surface area contributed by atoms with Gasteiger partial charge in [-0.3, -0.25) is 4.79 Å². The molecule has 0 radical (unpaired) electrons. The number of aromatic nitrogens is 1. The summed E-state index contributed by atoms with van der Waals surface area (Å²) in [5, 5.41) is 22.3. The Morgan fingerprint density at radius 1 is 1.13 bits per heavy atom. The van der Waals surface area contributed by atoms with Crippen LogP contribution >= 0.6 is 0 Å². The van der Waals surface area contributed by atoms with Crippen LogP contribution in [0.5, 0.6) is 0 Å². The highest BCUT2D eigenvalue weighted by molar-refractivity contribution is 5.90. The van der Waals surface area contributed by atoms with Gasteiger partial charge in [0.05, 0.1) is 12.8 Å². The summed E-state index contributed by atoms with van der Waals surface area (Å²) in [5.41, 5.74) is 2.26. The summed E-state index contributed by atoms with van der Waals surface area (Å²) in [6.07, 6.45) is 1.76. The van der Waals surface area contributed by atoms with Gasteiger partial charge >= 0.3 is 0 Å². The quantitative estimate of drug-likeness (QED) is 0.476. The Balaban J connectivity index is 1.40. The molecule has 0 saturated carbocycles. The number of hydrogen-bond donors (Lipinski definition) is 3. The maximum absolute atomic E-state index is 12.1. The van der Waals surface area contributed by atoms with Crippen molar-refractivity contribution in [1.82, 2.24) is 9.88 Å². The number of carbonyl (C=O) groups excluding carboxylic acids is 1. The van der Waals surface area contributed by atoms with Gasteiger partial charge in [-0.15, -0.1) is 0 Å². The van der Waals surface area contributed by atoms with Gasteiger partial charge in [-0.25, -0.2) is 4.98 Å². The third-order valence-corrected chi connectivity index (χ3v) is 4.80. The van der Waals surface area contributed by atoms with Crippen LogP contribution in [0.1, 0.15) is 35.3 Å². The molecular formula is C23H27N3O4. The lowest BCUT2D eigenvalue weighted by molar-refractivity contribution is -0.116. The maximum atomic E-state index is 12.1. The van der Waals surface area contributed by atoms with E-state index >= 15 is 0 Å². The largest absolute Gasteiger partial charge is 0.442 e. The molecule has 1 amide bonds. The van der Waals surface area contributed by atoms with E-state index in [1.165, 1.54) is 0 Å². The third kappa shape index (κ3) is 6.25. The SMILES string of the molecule is CN(CCC(=O)Nc1ccc(CO)cc1)CCc1cnc(C(O)c2ccccc2)o1. The Kier molecular flexibility index (Phi) is 7.73. The van der Waals surface area contributed by atoms with Crippen LogP contribution in [0.15, 0.2) is 65.2 Å². The van der Waals surface area contributed by atoms with Gasteiger partial charge in [0.15, 0.2) is 6.10 Å². The van der Waals surface area contributed by atoms with Gasteiger partial charge in [-0.05, 0) is 30.3 Å². The second kappa shape index (κ2) is 10.7. The fourth-order valence-corrected chi connectivity index (χ4v) is 2.96. The number of nitrogens with one attached hydrogen (secondary N) is 1. The molecule has 3 N–H and O–H groups in total. The van der Waals surface area contributed by atoms with Crippen LogP contribution in [0.2, 0.25) is 0 Å². The highest BCUT2D eigenvalue weighted by Gasteiger charge is 2.16. The standard InChI is InChI=1S/C23H27N3O4/c1-26(14-12-21(28)25-19-9-7-17(16-27)8-10-19)13-11-20-15-24-23(30-20)22(29)18-5-3-2-4-6-18/h2-10,15,22,27,29H,11-14,16H2,1H3,(H,25,28). The summed E-state index contributed by atoms with van der Waals surface area (Å²) in [6.45, 7) is 1.29. The molecule has 0 aliphatic heterocycles. The van der Waals surface area contributed by atoms with E-state index in [4.69, 9.17) is 9.52 Å². The van der Waals surface area contributed by atoms with Gasteiger partial charge in [0.25, 0.3) is 0 Å².